The number of anilines is 1. The Balaban J connectivity index is 1.93. The second-order valence-electron chi connectivity index (χ2n) is 5.24. The summed E-state index contributed by atoms with van der Waals surface area (Å²) in [4.78, 5) is 27.1. The molecular formula is C19H18N4O2. The van der Waals surface area contributed by atoms with Crippen LogP contribution in [0.3, 0.4) is 0 Å². The Morgan fingerprint density at radius 1 is 1.04 bits per heavy atom. The average molecular weight is 334 g/mol. The van der Waals surface area contributed by atoms with Gasteiger partial charge >= 0.3 is 0 Å². The molecule has 0 aliphatic heterocycles. The van der Waals surface area contributed by atoms with Gasteiger partial charge < -0.3 is 4.74 Å². The summed E-state index contributed by atoms with van der Waals surface area (Å²) in [6.45, 7) is 2.72. The second kappa shape index (κ2) is 8.01. The highest BCUT2D eigenvalue weighted by atomic mass is 16.5. The van der Waals surface area contributed by atoms with Crippen molar-refractivity contribution in [1.82, 2.24) is 15.0 Å². The molecule has 25 heavy (non-hydrogen) atoms. The number of carbonyl (C=O) groups is 1. The third-order valence-electron chi connectivity index (χ3n) is 3.51. The summed E-state index contributed by atoms with van der Waals surface area (Å²) in [6, 6.07) is 16.8. The van der Waals surface area contributed by atoms with Crippen molar-refractivity contribution in [3.05, 3.63) is 78.4 Å². The SMILES string of the molecule is CCOc1cc(C(=O)N(Cc2ccccc2)c2ccccn2)ncn1. The molecule has 0 fully saturated rings. The van der Waals surface area contributed by atoms with Gasteiger partial charge in [-0.25, -0.2) is 15.0 Å². The zero-order chi connectivity index (χ0) is 17.5. The van der Waals surface area contributed by atoms with Crippen LogP contribution in [-0.4, -0.2) is 27.5 Å². The number of hydrogen-bond donors (Lipinski definition) is 0. The highest BCUT2D eigenvalue weighted by Gasteiger charge is 2.21. The molecule has 126 valence electrons. The zero-order valence-corrected chi connectivity index (χ0v) is 13.9. The van der Waals surface area contributed by atoms with Gasteiger partial charge in [-0.3, -0.25) is 9.69 Å². The van der Waals surface area contributed by atoms with Crippen LogP contribution in [0.5, 0.6) is 5.88 Å². The zero-order valence-electron chi connectivity index (χ0n) is 13.9. The van der Waals surface area contributed by atoms with Crippen molar-refractivity contribution < 1.29 is 9.53 Å². The van der Waals surface area contributed by atoms with Crippen molar-refractivity contribution in [2.75, 3.05) is 11.5 Å². The van der Waals surface area contributed by atoms with Crippen LogP contribution in [0.4, 0.5) is 5.82 Å². The molecule has 2 heterocycles. The van der Waals surface area contributed by atoms with E-state index in [0.717, 1.165) is 5.56 Å². The van der Waals surface area contributed by atoms with E-state index in [4.69, 9.17) is 4.74 Å². The molecule has 0 saturated heterocycles. The first-order chi connectivity index (χ1) is 12.3. The van der Waals surface area contributed by atoms with E-state index in [9.17, 15) is 4.79 Å². The van der Waals surface area contributed by atoms with Gasteiger partial charge in [0.15, 0.2) is 0 Å². The van der Waals surface area contributed by atoms with E-state index in [1.165, 1.54) is 6.33 Å². The van der Waals surface area contributed by atoms with Crippen LogP contribution in [0.2, 0.25) is 0 Å². The number of carbonyl (C=O) groups excluding carboxylic acids is 1. The van der Waals surface area contributed by atoms with Gasteiger partial charge in [-0.05, 0) is 24.6 Å². The van der Waals surface area contributed by atoms with E-state index < -0.39 is 0 Å². The number of benzene rings is 1. The molecule has 1 amide bonds. The predicted molar refractivity (Wildman–Crippen MR) is 94.4 cm³/mol. The van der Waals surface area contributed by atoms with Gasteiger partial charge in [0.05, 0.1) is 13.2 Å². The lowest BCUT2D eigenvalue weighted by Crippen LogP contribution is -2.31. The number of hydrogen-bond acceptors (Lipinski definition) is 5. The Hall–Kier alpha value is -3.28. The minimum absolute atomic E-state index is 0.258. The van der Waals surface area contributed by atoms with Gasteiger partial charge in [0.2, 0.25) is 5.88 Å². The van der Waals surface area contributed by atoms with Crippen molar-refractivity contribution in [2.24, 2.45) is 0 Å². The molecule has 0 spiro atoms. The lowest BCUT2D eigenvalue weighted by Gasteiger charge is -2.21. The van der Waals surface area contributed by atoms with E-state index in [1.54, 1.807) is 23.2 Å². The number of rotatable bonds is 6. The fourth-order valence-corrected chi connectivity index (χ4v) is 2.36. The lowest BCUT2D eigenvalue weighted by atomic mass is 10.2. The third kappa shape index (κ3) is 4.17. The Labute approximate surface area is 146 Å². The summed E-state index contributed by atoms with van der Waals surface area (Å²) >= 11 is 0. The summed E-state index contributed by atoms with van der Waals surface area (Å²) in [6.07, 6.45) is 2.99. The van der Waals surface area contributed by atoms with E-state index in [-0.39, 0.29) is 11.6 Å². The Morgan fingerprint density at radius 2 is 1.84 bits per heavy atom. The van der Waals surface area contributed by atoms with Crippen LogP contribution >= 0.6 is 0 Å². The van der Waals surface area contributed by atoms with Gasteiger partial charge in [-0.2, -0.15) is 0 Å². The van der Waals surface area contributed by atoms with Gasteiger partial charge in [0.25, 0.3) is 5.91 Å². The fourth-order valence-electron chi connectivity index (χ4n) is 2.36. The summed E-state index contributed by atoms with van der Waals surface area (Å²) in [5.74, 6) is 0.681. The monoisotopic (exact) mass is 334 g/mol. The quantitative estimate of drug-likeness (QED) is 0.693. The first kappa shape index (κ1) is 16.6. The largest absolute Gasteiger partial charge is 0.478 e. The molecule has 0 aliphatic carbocycles. The number of amides is 1. The smallest absolute Gasteiger partial charge is 0.278 e. The van der Waals surface area contributed by atoms with E-state index in [1.807, 2.05) is 49.4 Å². The average Bonchev–Trinajstić information content (AvgIpc) is 2.68. The highest BCUT2D eigenvalue weighted by Crippen LogP contribution is 2.18. The normalized spacial score (nSPS) is 10.3. The Kier molecular flexibility index (Phi) is 5.31. The molecule has 3 rings (SSSR count). The van der Waals surface area contributed by atoms with E-state index >= 15 is 0 Å². The maximum atomic E-state index is 13.0. The topological polar surface area (TPSA) is 68.2 Å². The number of nitrogens with zero attached hydrogens (tertiary/aromatic N) is 4. The molecular weight excluding hydrogens is 316 g/mol. The van der Waals surface area contributed by atoms with Gasteiger partial charge in [0.1, 0.15) is 17.8 Å². The predicted octanol–water partition coefficient (Wildman–Crippen LogP) is 3.12. The van der Waals surface area contributed by atoms with Crippen LogP contribution in [0.25, 0.3) is 0 Å². The minimum atomic E-state index is -0.258. The van der Waals surface area contributed by atoms with E-state index in [0.29, 0.717) is 24.8 Å². The Bertz CT molecular complexity index is 825. The van der Waals surface area contributed by atoms with Crippen molar-refractivity contribution in [3.63, 3.8) is 0 Å². The second-order valence-corrected chi connectivity index (χ2v) is 5.24. The van der Waals surface area contributed by atoms with Crippen molar-refractivity contribution >= 4 is 11.7 Å². The lowest BCUT2D eigenvalue weighted by molar-refractivity contribution is 0.0978. The van der Waals surface area contributed by atoms with E-state index in [2.05, 4.69) is 15.0 Å². The van der Waals surface area contributed by atoms with Crippen molar-refractivity contribution in [2.45, 2.75) is 13.5 Å². The molecule has 0 N–H and O–H groups in total. The summed E-state index contributed by atoms with van der Waals surface area (Å²) in [5, 5.41) is 0. The number of aromatic nitrogens is 3. The van der Waals surface area contributed by atoms with Gasteiger partial charge in [0, 0.05) is 12.3 Å². The third-order valence-corrected chi connectivity index (χ3v) is 3.51. The number of pyridine rings is 1. The molecule has 6 nitrogen and oxygen atoms in total. The molecule has 0 radical (unpaired) electrons. The number of ether oxygens (including phenoxy) is 1. The van der Waals surface area contributed by atoms with Crippen LogP contribution < -0.4 is 9.64 Å². The molecule has 1 aromatic carbocycles. The molecule has 0 saturated carbocycles. The minimum Gasteiger partial charge on any atom is -0.478 e. The molecule has 0 atom stereocenters. The Morgan fingerprint density at radius 3 is 2.56 bits per heavy atom. The maximum Gasteiger partial charge on any atom is 0.278 e. The van der Waals surface area contributed by atoms with Crippen molar-refractivity contribution in [1.29, 1.82) is 0 Å². The molecule has 6 heteroatoms. The molecule has 0 bridgehead atoms. The summed E-state index contributed by atoms with van der Waals surface area (Å²) in [7, 11) is 0. The summed E-state index contributed by atoms with van der Waals surface area (Å²) < 4.78 is 5.36. The molecule has 0 unspecified atom stereocenters. The van der Waals surface area contributed by atoms with Crippen LogP contribution in [0.15, 0.2) is 67.1 Å². The molecule has 2 aromatic heterocycles. The standard InChI is InChI=1S/C19H18N4O2/c1-2-25-18-12-16(21-14-22-18)19(24)23(17-10-6-7-11-20-17)13-15-8-4-3-5-9-15/h3-12,14H,2,13H2,1H3. The fraction of sp³-hybridized carbons (Fsp3) is 0.158. The van der Waals surface area contributed by atoms with Crippen LogP contribution in [0.1, 0.15) is 23.0 Å². The van der Waals surface area contributed by atoms with Gasteiger partial charge in [-0.1, -0.05) is 36.4 Å². The highest BCUT2D eigenvalue weighted by molar-refractivity contribution is 6.04. The first-order valence-corrected chi connectivity index (χ1v) is 7.99. The maximum absolute atomic E-state index is 13.0. The van der Waals surface area contributed by atoms with Crippen molar-refractivity contribution in [3.8, 4) is 5.88 Å². The molecule has 0 aliphatic rings. The van der Waals surface area contributed by atoms with Gasteiger partial charge in [-0.15, -0.1) is 0 Å². The summed E-state index contributed by atoms with van der Waals surface area (Å²) in [5.41, 5.74) is 1.26. The van der Waals surface area contributed by atoms with Crippen LogP contribution in [-0.2, 0) is 6.54 Å². The first-order valence-electron chi connectivity index (χ1n) is 7.99. The van der Waals surface area contributed by atoms with Crippen LogP contribution in [0, 0.1) is 0 Å². The molecule has 3 aromatic rings.